The quantitative estimate of drug-likeness (QED) is 0.837. The van der Waals surface area contributed by atoms with Crippen LogP contribution < -0.4 is 15.5 Å². The lowest BCUT2D eigenvalue weighted by molar-refractivity contribution is 0.0884. The molecule has 0 atom stereocenters. The van der Waals surface area contributed by atoms with Crippen molar-refractivity contribution in [3.63, 3.8) is 0 Å². The average molecular weight is 295 g/mol. The topological polar surface area (TPSA) is 70.2 Å². The number of amides is 1. The summed E-state index contributed by atoms with van der Waals surface area (Å²) in [5, 5.41) is 6.55. The first-order valence-electron chi connectivity index (χ1n) is 7.47. The maximum atomic E-state index is 12.3. The Morgan fingerprint density at radius 1 is 1.00 bits per heavy atom. The van der Waals surface area contributed by atoms with Gasteiger partial charge in [0.1, 0.15) is 17.3 Å². The molecule has 4 rings (SSSR count). The molecule has 1 spiro atoms. The first-order valence-corrected chi connectivity index (χ1v) is 7.47. The highest BCUT2D eigenvalue weighted by Gasteiger charge is 2.40. The first kappa shape index (κ1) is 13.1. The molecule has 1 fully saturated rings. The highest BCUT2D eigenvalue weighted by molar-refractivity contribution is 6.01. The molecule has 2 N–H and O–H groups in total. The normalized spacial score (nSPS) is 19.3. The third-order valence-corrected chi connectivity index (χ3v) is 4.35. The fourth-order valence-corrected chi connectivity index (χ4v) is 3.14. The summed E-state index contributed by atoms with van der Waals surface area (Å²) in [6, 6.07) is 9.50. The van der Waals surface area contributed by atoms with Gasteiger partial charge in [-0.2, -0.15) is 0 Å². The molecule has 112 valence electrons. The number of rotatable bonds is 1. The number of piperidine rings is 1. The number of anilines is 2. The molecule has 0 aromatic carbocycles. The number of hydrogen-bond acceptors (Lipinski definition) is 5. The highest BCUT2D eigenvalue weighted by Crippen LogP contribution is 2.31. The standard InChI is InChI=1S/C16H17N5O/c22-15-12-4-3-9-18-14(12)19-16(20-15)6-10-21(11-7-16)13-5-1-2-8-17-13/h1-5,8-9H,6-7,10-11H2,(H,18,19)(H,20,22). The summed E-state index contributed by atoms with van der Waals surface area (Å²) in [5.41, 5.74) is 0.212. The summed E-state index contributed by atoms with van der Waals surface area (Å²) in [5.74, 6) is 1.61. The van der Waals surface area contributed by atoms with Crippen molar-refractivity contribution in [2.45, 2.75) is 18.5 Å². The maximum absolute atomic E-state index is 12.3. The van der Waals surface area contributed by atoms with Crippen molar-refractivity contribution in [1.82, 2.24) is 15.3 Å². The van der Waals surface area contributed by atoms with E-state index in [4.69, 9.17) is 0 Å². The molecule has 0 unspecified atom stereocenters. The van der Waals surface area contributed by atoms with Gasteiger partial charge in [0.25, 0.3) is 5.91 Å². The second kappa shape index (κ2) is 4.98. The maximum Gasteiger partial charge on any atom is 0.256 e. The first-order chi connectivity index (χ1) is 10.8. The Labute approximate surface area is 128 Å². The molecular formula is C16H17N5O. The molecule has 0 aliphatic carbocycles. The molecule has 2 aromatic heterocycles. The van der Waals surface area contributed by atoms with E-state index in [9.17, 15) is 4.79 Å². The van der Waals surface area contributed by atoms with Gasteiger partial charge in [-0.25, -0.2) is 9.97 Å². The zero-order chi connectivity index (χ0) is 15.0. The molecule has 0 saturated carbocycles. The minimum absolute atomic E-state index is 0.0480. The number of hydrogen-bond donors (Lipinski definition) is 2. The van der Waals surface area contributed by atoms with E-state index >= 15 is 0 Å². The van der Waals surface area contributed by atoms with Crippen molar-refractivity contribution in [1.29, 1.82) is 0 Å². The van der Waals surface area contributed by atoms with Gasteiger partial charge < -0.3 is 15.5 Å². The number of pyridine rings is 2. The SMILES string of the molecule is O=C1NC2(CCN(c3ccccn3)CC2)Nc2ncccc21. The van der Waals surface area contributed by atoms with Crippen LogP contribution in [0, 0.1) is 0 Å². The van der Waals surface area contributed by atoms with Gasteiger partial charge in [-0.15, -0.1) is 0 Å². The van der Waals surface area contributed by atoms with Crippen LogP contribution in [0.3, 0.4) is 0 Å². The second-order valence-electron chi connectivity index (χ2n) is 5.74. The molecule has 1 saturated heterocycles. The Balaban J connectivity index is 1.53. The van der Waals surface area contributed by atoms with Gasteiger partial charge in [-0.1, -0.05) is 6.07 Å². The highest BCUT2D eigenvalue weighted by atomic mass is 16.2. The molecule has 6 nitrogen and oxygen atoms in total. The van der Waals surface area contributed by atoms with Crippen LogP contribution in [-0.4, -0.2) is 34.6 Å². The Kier molecular flexibility index (Phi) is 2.96. The molecule has 22 heavy (non-hydrogen) atoms. The number of fused-ring (bicyclic) bond motifs is 1. The van der Waals surface area contributed by atoms with Crippen molar-refractivity contribution < 1.29 is 4.79 Å². The van der Waals surface area contributed by atoms with E-state index in [-0.39, 0.29) is 5.91 Å². The van der Waals surface area contributed by atoms with E-state index in [1.54, 1.807) is 24.5 Å². The minimum Gasteiger partial charge on any atom is -0.356 e. The minimum atomic E-state index is -0.399. The van der Waals surface area contributed by atoms with Crippen molar-refractivity contribution >= 4 is 17.5 Å². The second-order valence-corrected chi connectivity index (χ2v) is 5.74. The molecule has 2 aromatic rings. The van der Waals surface area contributed by atoms with Crippen LogP contribution >= 0.6 is 0 Å². The van der Waals surface area contributed by atoms with Crippen LogP contribution in [0.1, 0.15) is 23.2 Å². The zero-order valence-corrected chi connectivity index (χ0v) is 12.1. The number of aromatic nitrogens is 2. The lowest BCUT2D eigenvalue weighted by Gasteiger charge is -2.45. The Morgan fingerprint density at radius 3 is 2.59 bits per heavy atom. The number of nitrogens with one attached hydrogen (secondary N) is 2. The van der Waals surface area contributed by atoms with E-state index in [0.29, 0.717) is 11.4 Å². The number of nitrogens with zero attached hydrogens (tertiary/aromatic N) is 3. The largest absolute Gasteiger partial charge is 0.356 e. The van der Waals surface area contributed by atoms with Gasteiger partial charge in [-0.3, -0.25) is 4.79 Å². The van der Waals surface area contributed by atoms with Crippen molar-refractivity contribution in [3.8, 4) is 0 Å². The summed E-state index contributed by atoms with van der Waals surface area (Å²) in [6.45, 7) is 1.68. The average Bonchev–Trinajstić information content (AvgIpc) is 2.56. The fourth-order valence-electron chi connectivity index (χ4n) is 3.14. The predicted molar refractivity (Wildman–Crippen MR) is 83.7 cm³/mol. The van der Waals surface area contributed by atoms with Crippen LogP contribution in [0.2, 0.25) is 0 Å². The van der Waals surface area contributed by atoms with Crippen LogP contribution in [0.4, 0.5) is 11.6 Å². The molecule has 0 radical (unpaired) electrons. The molecule has 4 heterocycles. The Hall–Kier alpha value is -2.63. The number of carbonyl (C=O) groups excluding carboxylic acids is 1. The van der Waals surface area contributed by atoms with Gasteiger partial charge in [0, 0.05) is 38.3 Å². The van der Waals surface area contributed by atoms with Crippen LogP contribution in [0.15, 0.2) is 42.7 Å². The summed E-state index contributed by atoms with van der Waals surface area (Å²) in [6.07, 6.45) is 5.14. The summed E-state index contributed by atoms with van der Waals surface area (Å²) < 4.78 is 0. The van der Waals surface area contributed by atoms with Gasteiger partial charge >= 0.3 is 0 Å². The summed E-state index contributed by atoms with van der Waals surface area (Å²) in [7, 11) is 0. The van der Waals surface area contributed by atoms with E-state index in [1.807, 2.05) is 18.2 Å². The molecule has 6 heteroatoms. The van der Waals surface area contributed by atoms with Gasteiger partial charge in [-0.05, 0) is 24.3 Å². The molecular weight excluding hydrogens is 278 g/mol. The number of carbonyl (C=O) groups is 1. The van der Waals surface area contributed by atoms with Gasteiger partial charge in [0.05, 0.1) is 5.56 Å². The van der Waals surface area contributed by atoms with E-state index in [1.165, 1.54) is 0 Å². The summed E-state index contributed by atoms with van der Waals surface area (Å²) >= 11 is 0. The van der Waals surface area contributed by atoms with Crippen molar-refractivity contribution in [2.75, 3.05) is 23.3 Å². The van der Waals surface area contributed by atoms with Crippen LogP contribution in [-0.2, 0) is 0 Å². The lowest BCUT2D eigenvalue weighted by atomic mass is 9.93. The summed E-state index contributed by atoms with van der Waals surface area (Å²) in [4.78, 5) is 23.2. The van der Waals surface area contributed by atoms with E-state index in [2.05, 4.69) is 25.5 Å². The Bertz CT molecular complexity index is 695. The zero-order valence-electron chi connectivity index (χ0n) is 12.1. The lowest BCUT2D eigenvalue weighted by Crippen LogP contribution is -2.62. The van der Waals surface area contributed by atoms with Crippen molar-refractivity contribution in [3.05, 3.63) is 48.3 Å². The molecule has 2 aliphatic rings. The van der Waals surface area contributed by atoms with Gasteiger partial charge in [0.15, 0.2) is 0 Å². The Morgan fingerprint density at radius 2 is 1.82 bits per heavy atom. The third-order valence-electron chi connectivity index (χ3n) is 4.35. The van der Waals surface area contributed by atoms with E-state index in [0.717, 1.165) is 31.7 Å². The van der Waals surface area contributed by atoms with Crippen LogP contribution in [0.5, 0.6) is 0 Å². The molecule has 1 amide bonds. The monoisotopic (exact) mass is 295 g/mol. The predicted octanol–water partition coefficient (Wildman–Crippen LogP) is 1.63. The van der Waals surface area contributed by atoms with Gasteiger partial charge in [0.2, 0.25) is 0 Å². The van der Waals surface area contributed by atoms with Crippen LogP contribution in [0.25, 0.3) is 0 Å². The fraction of sp³-hybridized carbons (Fsp3) is 0.312. The van der Waals surface area contributed by atoms with E-state index < -0.39 is 5.66 Å². The third kappa shape index (κ3) is 2.16. The van der Waals surface area contributed by atoms with Crippen molar-refractivity contribution in [2.24, 2.45) is 0 Å². The molecule has 2 aliphatic heterocycles. The smallest absolute Gasteiger partial charge is 0.256 e. The molecule has 0 bridgehead atoms.